The highest BCUT2D eigenvalue weighted by molar-refractivity contribution is 6.67. The minimum atomic E-state index is -1.82. The fraction of sp³-hybridized carbons (Fsp3) is 0.500. The van der Waals surface area contributed by atoms with E-state index in [-0.39, 0.29) is 11.8 Å². The summed E-state index contributed by atoms with van der Waals surface area (Å²) < 4.78 is 1.16. The number of halogens is 6. The molecule has 0 radical (unpaired) electrons. The van der Waals surface area contributed by atoms with Crippen LogP contribution in [-0.2, 0) is 7.59 Å². The van der Waals surface area contributed by atoms with Crippen molar-refractivity contribution in [1.82, 2.24) is 10.2 Å². The van der Waals surface area contributed by atoms with Crippen LogP contribution in [0.15, 0.2) is 4.42 Å². The average Bonchev–Trinajstić information content (AvgIpc) is 2.28. The van der Waals surface area contributed by atoms with E-state index in [0.717, 1.165) is 0 Å². The maximum atomic E-state index is 5.43. The number of alkyl halides is 6. The molecule has 74 valence electrons. The monoisotopic (exact) mass is 302 g/mol. The van der Waals surface area contributed by atoms with Gasteiger partial charge in [0.15, 0.2) is 0 Å². The first-order valence-corrected chi connectivity index (χ1v) is 4.96. The molecule has 0 aliphatic heterocycles. The van der Waals surface area contributed by atoms with Crippen LogP contribution < -0.4 is 0 Å². The molecule has 1 aromatic heterocycles. The first-order valence-electron chi connectivity index (χ1n) is 2.69. The van der Waals surface area contributed by atoms with Crippen LogP contribution in [-0.4, -0.2) is 10.2 Å². The lowest BCUT2D eigenvalue weighted by atomic mass is 10.7. The summed E-state index contributed by atoms with van der Waals surface area (Å²) in [7, 11) is 0. The molecule has 13 heavy (non-hydrogen) atoms. The Morgan fingerprint density at radius 1 is 0.769 bits per heavy atom. The summed E-state index contributed by atoms with van der Waals surface area (Å²) in [5, 5.41) is 6.78. The van der Waals surface area contributed by atoms with E-state index in [1.165, 1.54) is 0 Å². The molecular formula is C4Cl6N2O. The summed E-state index contributed by atoms with van der Waals surface area (Å²) in [6.07, 6.45) is 0. The zero-order valence-electron chi connectivity index (χ0n) is 5.57. The zero-order chi connectivity index (χ0) is 10.3. The predicted octanol–water partition coefficient (Wildman–Crippen LogP) is 3.72. The molecule has 1 aromatic rings. The number of hydrogen-bond acceptors (Lipinski definition) is 3. The number of aromatic nitrogens is 2. The molecule has 0 aliphatic carbocycles. The van der Waals surface area contributed by atoms with Crippen LogP contribution in [0.4, 0.5) is 0 Å². The second-order valence-electron chi connectivity index (χ2n) is 1.91. The molecule has 3 nitrogen and oxygen atoms in total. The van der Waals surface area contributed by atoms with Crippen molar-refractivity contribution >= 4 is 69.6 Å². The summed E-state index contributed by atoms with van der Waals surface area (Å²) in [5.41, 5.74) is 0. The molecule has 0 saturated heterocycles. The van der Waals surface area contributed by atoms with Gasteiger partial charge < -0.3 is 4.42 Å². The summed E-state index contributed by atoms with van der Waals surface area (Å²) in [4.78, 5) is 0. The molecule has 0 aromatic carbocycles. The van der Waals surface area contributed by atoms with Crippen molar-refractivity contribution in [3.8, 4) is 0 Å². The van der Waals surface area contributed by atoms with E-state index in [2.05, 4.69) is 10.2 Å². The van der Waals surface area contributed by atoms with Gasteiger partial charge >= 0.3 is 0 Å². The molecule has 1 heterocycles. The van der Waals surface area contributed by atoms with E-state index in [1.807, 2.05) is 0 Å². The summed E-state index contributed by atoms with van der Waals surface area (Å²) in [5.74, 6) is -0.502. The van der Waals surface area contributed by atoms with Crippen molar-refractivity contribution in [3.05, 3.63) is 11.8 Å². The van der Waals surface area contributed by atoms with Crippen LogP contribution in [0, 0.1) is 0 Å². The SMILES string of the molecule is ClC(Cl)(Cl)c1nnc(C(Cl)(Cl)Cl)o1. The topological polar surface area (TPSA) is 38.9 Å². The number of nitrogens with zero attached hydrogens (tertiary/aromatic N) is 2. The van der Waals surface area contributed by atoms with Crippen molar-refractivity contribution in [2.24, 2.45) is 0 Å². The Balaban J connectivity index is 3.01. The third-order valence-corrected chi connectivity index (χ3v) is 1.88. The van der Waals surface area contributed by atoms with Crippen molar-refractivity contribution in [2.45, 2.75) is 7.59 Å². The van der Waals surface area contributed by atoms with E-state index >= 15 is 0 Å². The van der Waals surface area contributed by atoms with Gasteiger partial charge in [-0.3, -0.25) is 0 Å². The largest absolute Gasteiger partial charge is 0.416 e. The van der Waals surface area contributed by atoms with Crippen LogP contribution in [0.5, 0.6) is 0 Å². The Hall–Kier alpha value is 0.880. The van der Waals surface area contributed by atoms with Gasteiger partial charge in [0.05, 0.1) is 0 Å². The van der Waals surface area contributed by atoms with Gasteiger partial charge in [-0.15, -0.1) is 10.2 Å². The summed E-state index contributed by atoms with van der Waals surface area (Å²) >= 11 is 32.6. The standard InChI is InChI=1S/C4Cl6N2O/c5-3(6,7)1-11-12-2(13-1)4(8,9)10. The van der Waals surface area contributed by atoms with Crippen molar-refractivity contribution in [1.29, 1.82) is 0 Å². The van der Waals surface area contributed by atoms with Crippen LogP contribution in [0.2, 0.25) is 0 Å². The van der Waals surface area contributed by atoms with Gasteiger partial charge in [-0.1, -0.05) is 69.6 Å². The highest BCUT2D eigenvalue weighted by atomic mass is 35.6. The minimum Gasteiger partial charge on any atom is -0.416 e. The third kappa shape index (κ3) is 3.18. The van der Waals surface area contributed by atoms with Gasteiger partial charge in [0, 0.05) is 0 Å². The van der Waals surface area contributed by atoms with Crippen molar-refractivity contribution in [2.75, 3.05) is 0 Å². The third-order valence-electron chi connectivity index (χ3n) is 0.910. The summed E-state index contributed by atoms with van der Waals surface area (Å²) in [6, 6.07) is 0. The van der Waals surface area contributed by atoms with Crippen LogP contribution in [0.1, 0.15) is 11.8 Å². The van der Waals surface area contributed by atoms with Crippen molar-refractivity contribution in [3.63, 3.8) is 0 Å². The molecule has 9 heteroatoms. The molecule has 0 unspecified atom stereocenters. The molecular weight excluding hydrogens is 305 g/mol. The highest BCUT2D eigenvalue weighted by Gasteiger charge is 2.36. The lowest BCUT2D eigenvalue weighted by Crippen LogP contribution is -2.00. The van der Waals surface area contributed by atoms with Gasteiger partial charge in [-0.25, -0.2) is 0 Å². The molecule has 0 atom stereocenters. The minimum absolute atomic E-state index is 0.251. The average molecular weight is 305 g/mol. The molecule has 0 fully saturated rings. The lowest BCUT2D eigenvalue weighted by molar-refractivity contribution is 0.460. The molecule has 0 saturated carbocycles. The second-order valence-corrected chi connectivity index (χ2v) is 6.47. The predicted molar refractivity (Wildman–Crippen MR) is 52.8 cm³/mol. The fourth-order valence-corrected chi connectivity index (χ4v) is 0.911. The normalized spacial score (nSPS) is 13.4. The van der Waals surface area contributed by atoms with Gasteiger partial charge in [0.2, 0.25) is 0 Å². The molecule has 1 rings (SSSR count). The van der Waals surface area contributed by atoms with E-state index in [0.29, 0.717) is 0 Å². The molecule has 0 N–H and O–H groups in total. The van der Waals surface area contributed by atoms with Crippen LogP contribution in [0.3, 0.4) is 0 Å². The fourth-order valence-electron chi connectivity index (χ4n) is 0.452. The van der Waals surface area contributed by atoms with E-state index in [4.69, 9.17) is 74.0 Å². The number of hydrogen-bond donors (Lipinski definition) is 0. The lowest BCUT2D eigenvalue weighted by Gasteiger charge is -2.05. The number of rotatable bonds is 0. The Labute approximate surface area is 103 Å². The van der Waals surface area contributed by atoms with Gasteiger partial charge in [0.1, 0.15) is 0 Å². The van der Waals surface area contributed by atoms with Crippen molar-refractivity contribution < 1.29 is 4.42 Å². The zero-order valence-corrected chi connectivity index (χ0v) is 10.1. The first kappa shape index (κ1) is 12.0. The smallest absolute Gasteiger partial charge is 0.268 e. The second kappa shape index (κ2) is 3.80. The Morgan fingerprint density at radius 3 is 1.23 bits per heavy atom. The van der Waals surface area contributed by atoms with Crippen LogP contribution in [0.25, 0.3) is 0 Å². The Bertz CT molecular complexity index is 270. The molecule has 0 amide bonds. The van der Waals surface area contributed by atoms with Gasteiger partial charge in [-0.2, -0.15) is 0 Å². The first-order chi connectivity index (χ1) is 5.71. The van der Waals surface area contributed by atoms with E-state index < -0.39 is 7.59 Å². The quantitative estimate of drug-likeness (QED) is 0.686. The van der Waals surface area contributed by atoms with E-state index in [9.17, 15) is 0 Å². The molecule has 0 bridgehead atoms. The highest BCUT2D eigenvalue weighted by Crippen LogP contribution is 2.41. The van der Waals surface area contributed by atoms with E-state index in [1.54, 1.807) is 0 Å². The Kier molecular flexibility index (Phi) is 3.49. The van der Waals surface area contributed by atoms with Crippen LogP contribution >= 0.6 is 69.6 Å². The maximum absolute atomic E-state index is 5.43. The summed E-state index contributed by atoms with van der Waals surface area (Å²) in [6.45, 7) is 0. The Morgan fingerprint density at radius 2 is 1.08 bits per heavy atom. The maximum Gasteiger partial charge on any atom is 0.268 e. The molecule has 0 spiro atoms. The van der Waals surface area contributed by atoms with Gasteiger partial charge in [-0.05, 0) is 0 Å². The van der Waals surface area contributed by atoms with Gasteiger partial charge in [0.25, 0.3) is 19.4 Å². The molecule has 0 aliphatic rings.